The molecule has 0 radical (unpaired) electrons. The first-order valence-corrected chi connectivity index (χ1v) is 10.4. The summed E-state index contributed by atoms with van der Waals surface area (Å²) < 4.78 is 5.41. The van der Waals surface area contributed by atoms with Crippen LogP contribution in [0.25, 0.3) is 6.08 Å². The molecule has 3 aromatic rings. The number of thiophene rings is 1. The lowest BCUT2D eigenvalue weighted by Gasteiger charge is -2.26. The molecule has 2 aromatic heterocycles. The predicted molar refractivity (Wildman–Crippen MR) is 118 cm³/mol. The first-order chi connectivity index (χ1) is 15.1. The lowest BCUT2D eigenvalue weighted by Crippen LogP contribution is -2.37. The molecule has 8 heteroatoms. The minimum absolute atomic E-state index is 0.334. The van der Waals surface area contributed by atoms with E-state index >= 15 is 0 Å². The summed E-state index contributed by atoms with van der Waals surface area (Å²) in [4.78, 5) is 31.3. The summed E-state index contributed by atoms with van der Waals surface area (Å²) in [7, 11) is 0. The standard InChI is InChI=1S/C23H18N4O3S/c24-13-19-18-10-12-27(23(29)30-17-6-2-1-3-7-17)15-20(18)31-22(19)26-21(28)9-8-16-5-4-11-25-14-16/h1-9,11,14H,10,12,15H2,(H,26,28). The second kappa shape index (κ2) is 9.24. The number of aromatic nitrogens is 1. The van der Waals surface area contributed by atoms with Gasteiger partial charge < -0.3 is 15.0 Å². The minimum Gasteiger partial charge on any atom is -0.410 e. The molecule has 31 heavy (non-hydrogen) atoms. The molecule has 154 valence electrons. The number of anilines is 1. The van der Waals surface area contributed by atoms with Crippen molar-refractivity contribution in [3.05, 3.63) is 82.5 Å². The van der Waals surface area contributed by atoms with Gasteiger partial charge in [-0.25, -0.2) is 4.79 Å². The molecule has 4 rings (SSSR count). The van der Waals surface area contributed by atoms with Crippen molar-refractivity contribution < 1.29 is 14.3 Å². The van der Waals surface area contributed by atoms with Crippen LogP contribution in [0.4, 0.5) is 9.80 Å². The number of hydrogen-bond donors (Lipinski definition) is 1. The third-order valence-electron chi connectivity index (χ3n) is 4.72. The Balaban J connectivity index is 1.45. The minimum atomic E-state index is -0.436. The molecule has 0 spiro atoms. The fraction of sp³-hybridized carbons (Fsp3) is 0.130. The number of ether oxygens (including phenoxy) is 1. The summed E-state index contributed by atoms with van der Waals surface area (Å²) in [5.41, 5.74) is 2.14. The van der Waals surface area contributed by atoms with Crippen LogP contribution in [0, 0.1) is 11.3 Å². The molecule has 2 amide bonds. The van der Waals surface area contributed by atoms with E-state index in [-0.39, 0.29) is 5.91 Å². The number of hydrogen-bond acceptors (Lipinski definition) is 6. The molecule has 1 N–H and O–H groups in total. The van der Waals surface area contributed by atoms with Crippen LogP contribution < -0.4 is 10.1 Å². The monoisotopic (exact) mass is 430 g/mol. The summed E-state index contributed by atoms with van der Waals surface area (Å²) in [5, 5.41) is 12.9. The van der Waals surface area contributed by atoms with E-state index in [1.165, 1.54) is 17.4 Å². The van der Waals surface area contributed by atoms with Crippen LogP contribution in [0.5, 0.6) is 5.75 Å². The maximum absolute atomic E-state index is 12.5. The summed E-state index contributed by atoms with van der Waals surface area (Å²) in [6, 6.07) is 14.7. The van der Waals surface area contributed by atoms with Gasteiger partial charge >= 0.3 is 6.09 Å². The molecule has 0 unspecified atom stereocenters. The van der Waals surface area contributed by atoms with Crippen molar-refractivity contribution in [1.29, 1.82) is 5.26 Å². The zero-order valence-electron chi connectivity index (χ0n) is 16.4. The summed E-state index contributed by atoms with van der Waals surface area (Å²) in [6.07, 6.45) is 6.46. The van der Waals surface area contributed by atoms with Gasteiger partial charge in [-0.3, -0.25) is 9.78 Å². The Kier molecular flexibility index (Phi) is 6.05. The van der Waals surface area contributed by atoms with Crippen molar-refractivity contribution in [2.24, 2.45) is 0 Å². The van der Waals surface area contributed by atoms with E-state index < -0.39 is 6.09 Å². The van der Waals surface area contributed by atoms with Crippen LogP contribution in [0.15, 0.2) is 60.9 Å². The first-order valence-electron chi connectivity index (χ1n) is 9.59. The summed E-state index contributed by atoms with van der Waals surface area (Å²) >= 11 is 1.31. The van der Waals surface area contributed by atoms with Crippen molar-refractivity contribution in [2.45, 2.75) is 13.0 Å². The lowest BCUT2D eigenvalue weighted by atomic mass is 10.0. The average molecular weight is 430 g/mol. The molecule has 1 aliphatic heterocycles. The summed E-state index contributed by atoms with van der Waals surface area (Å²) in [6.45, 7) is 0.778. The third-order valence-corrected chi connectivity index (χ3v) is 5.86. The number of rotatable bonds is 4. The van der Waals surface area contributed by atoms with Crippen molar-refractivity contribution >= 4 is 34.4 Å². The van der Waals surface area contributed by atoms with E-state index in [0.29, 0.717) is 35.8 Å². The Bertz CT molecular complexity index is 1170. The Hall–Kier alpha value is -3.96. The van der Waals surface area contributed by atoms with Crippen molar-refractivity contribution in [2.75, 3.05) is 11.9 Å². The van der Waals surface area contributed by atoms with Gasteiger partial charge in [0, 0.05) is 29.9 Å². The zero-order valence-corrected chi connectivity index (χ0v) is 17.3. The number of para-hydroxylation sites is 1. The summed E-state index contributed by atoms with van der Waals surface area (Å²) in [5.74, 6) is 0.148. The highest BCUT2D eigenvalue weighted by atomic mass is 32.1. The Labute approximate surface area is 183 Å². The first kappa shape index (κ1) is 20.3. The predicted octanol–water partition coefficient (Wildman–Crippen LogP) is 4.22. The Morgan fingerprint density at radius 1 is 1.23 bits per heavy atom. The normalized spacial score (nSPS) is 12.8. The third kappa shape index (κ3) is 4.79. The Morgan fingerprint density at radius 3 is 2.81 bits per heavy atom. The number of amides is 2. The average Bonchev–Trinajstić information content (AvgIpc) is 3.15. The second-order valence-electron chi connectivity index (χ2n) is 6.78. The van der Waals surface area contributed by atoms with Gasteiger partial charge in [-0.1, -0.05) is 24.3 Å². The number of benzene rings is 1. The molecule has 0 bridgehead atoms. The molecule has 0 saturated carbocycles. The van der Waals surface area contributed by atoms with Crippen LogP contribution in [-0.2, 0) is 17.8 Å². The Morgan fingerprint density at radius 2 is 2.06 bits per heavy atom. The molecule has 1 aromatic carbocycles. The van der Waals surface area contributed by atoms with Crippen molar-refractivity contribution in [3.8, 4) is 11.8 Å². The number of nitriles is 1. The maximum atomic E-state index is 12.5. The van der Waals surface area contributed by atoms with E-state index in [1.54, 1.807) is 53.7 Å². The van der Waals surface area contributed by atoms with E-state index in [2.05, 4.69) is 16.4 Å². The maximum Gasteiger partial charge on any atom is 0.415 e. The van der Waals surface area contributed by atoms with Gasteiger partial charge in [0.25, 0.3) is 0 Å². The number of carbonyl (C=O) groups is 2. The number of fused-ring (bicyclic) bond motifs is 1. The quantitative estimate of drug-likeness (QED) is 0.625. The van der Waals surface area contributed by atoms with Crippen LogP contribution in [-0.4, -0.2) is 28.4 Å². The topological polar surface area (TPSA) is 95.3 Å². The number of nitrogens with zero attached hydrogens (tertiary/aromatic N) is 3. The van der Waals surface area contributed by atoms with Crippen LogP contribution in [0.3, 0.4) is 0 Å². The van der Waals surface area contributed by atoms with Gasteiger partial charge in [0.15, 0.2) is 0 Å². The fourth-order valence-electron chi connectivity index (χ4n) is 3.22. The van der Waals surface area contributed by atoms with E-state index in [9.17, 15) is 14.9 Å². The molecule has 0 aliphatic carbocycles. The van der Waals surface area contributed by atoms with Gasteiger partial charge in [-0.15, -0.1) is 11.3 Å². The molecule has 3 heterocycles. The van der Waals surface area contributed by atoms with Gasteiger partial charge in [0.2, 0.25) is 5.91 Å². The lowest BCUT2D eigenvalue weighted by molar-refractivity contribution is -0.111. The SMILES string of the molecule is N#Cc1c(NC(=O)C=Cc2cccnc2)sc2c1CCN(C(=O)Oc1ccccc1)C2. The molecule has 0 saturated heterocycles. The fourth-order valence-corrected chi connectivity index (χ4v) is 4.44. The highest BCUT2D eigenvalue weighted by Crippen LogP contribution is 2.36. The molecule has 0 atom stereocenters. The van der Waals surface area contributed by atoms with Gasteiger partial charge in [-0.2, -0.15) is 5.26 Å². The van der Waals surface area contributed by atoms with E-state index in [0.717, 1.165) is 16.0 Å². The largest absolute Gasteiger partial charge is 0.415 e. The van der Waals surface area contributed by atoms with Gasteiger partial charge in [-0.05, 0) is 41.8 Å². The number of nitrogens with one attached hydrogen (secondary N) is 1. The van der Waals surface area contributed by atoms with Crippen LogP contribution in [0.2, 0.25) is 0 Å². The second-order valence-corrected chi connectivity index (χ2v) is 7.89. The zero-order chi connectivity index (χ0) is 21.6. The smallest absolute Gasteiger partial charge is 0.410 e. The molecule has 1 aliphatic rings. The van der Waals surface area contributed by atoms with Gasteiger partial charge in [0.1, 0.15) is 16.8 Å². The highest BCUT2D eigenvalue weighted by Gasteiger charge is 2.28. The van der Waals surface area contributed by atoms with Crippen LogP contribution >= 0.6 is 11.3 Å². The highest BCUT2D eigenvalue weighted by molar-refractivity contribution is 7.16. The number of pyridine rings is 1. The molecular formula is C23H18N4O3S. The van der Waals surface area contributed by atoms with Crippen molar-refractivity contribution in [1.82, 2.24) is 9.88 Å². The van der Waals surface area contributed by atoms with E-state index in [1.807, 2.05) is 12.1 Å². The van der Waals surface area contributed by atoms with Crippen molar-refractivity contribution in [3.63, 3.8) is 0 Å². The number of carbonyl (C=O) groups excluding carboxylic acids is 2. The van der Waals surface area contributed by atoms with E-state index in [4.69, 9.17) is 4.74 Å². The molecule has 0 fully saturated rings. The molecule has 7 nitrogen and oxygen atoms in total. The van der Waals surface area contributed by atoms with Crippen LogP contribution in [0.1, 0.15) is 21.6 Å². The molecular weight excluding hydrogens is 412 g/mol. The van der Waals surface area contributed by atoms with Gasteiger partial charge in [0.05, 0.1) is 12.1 Å².